The third-order valence-corrected chi connectivity index (χ3v) is 5.08. The molecule has 2 aromatic heterocycles. The lowest BCUT2D eigenvalue weighted by Gasteiger charge is -2.27. The second kappa shape index (κ2) is 6.42. The Balaban J connectivity index is 1.42. The standard InChI is InChI=1S/C21H21N5/c1-2-8-15(7-1)26(13-20-22-16-9-3-4-10-17(16)23-20)14-21-24-18-11-5-6-12-19(18)25-21/h1-6,9-12,15H,7-8,13-14H2,(H,22,23)(H,24,25). The fourth-order valence-electron chi connectivity index (χ4n) is 3.76. The predicted octanol–water partition coefficient (Wildman–Crippen LogP) is 4.16. The van der Waals surface area contributed by atoms with Gasteiger partial charge in [0.1, 0.15) is 11.6 Å². The van der Waals surface area contributed by atoms with E-state index in [9.17, 15) is 0 Å². The lowest BCUT2D eigenvalue weighted by molar-refractivity contribution is 0.177. The van der Waals surface area contributed by atoms with Gasteiger partial charge >= 0.3 is 0 Å². The number of fused-ring (bicyclic) bond motifs is 2. The van der Waals surface area contributed by atoms with Crippen LogP contribution >= 0.6 is 0 Å². The maximum atomic E-state index is 4.76. The highest BCUT2D eigenvalue weighted by Crippen LogP contribution is 2.22. The van der Waals surface area contributed by atoms with Crippen LogP contribution in [0.15, 0.2) is 60.7 Å². The lowest BCUT2D eigenvalue weighted by Crippen LogP contribution is -2.33. The van der Waals surface area contributed by atoms with Crippen molar-refractivity contribution in [3.8, 4) is 0 Å². The Morgan fingerprint density at radius 3 is 1.77 bits per heavy atom. The highest BCUT2D eigenvalue weighted by molar-refractivity contribution is 5.75. The monoisotopic (exact) mass is 343 g/mol. The normalized spacial score (nSPS) is 15.0. The van der Waals surface area contributed by atoms with Gasteiger partial charge in [-0.3, -0.25) is 4.90 Å². The van der Waals surface area contributed by atoms with Crippen LogP contribution in [-0.2, 0) is 13.1 Å². The molecule has 0 aliphatic heterocycles. The van der Waals surface area contributed by atoms with Gasteiger partial charge in [-0.15, -0.1) is 0 Å². The van der Waals surface area contributed by atoms with Crippen LogP contribution in [-0.4, -0.2) is 30.9 Å². The number of aromatic nitrogens is 4. The summed E-state index contributed by atoms with van der Waals surface area (Å²) in [7, 11) is 0. The molecular formula is C21H21N5. The van der Waals surface area contributed by atoms with Crippen LogP contribution in [0.5, 0.6) is 0 Å². The molecule has 0 spiro atoms. The molecular weight excluding hydrogens is 322 g/mol. The first-order valence-corrected chi connectivity index (χ1v) is 9.11. The molecule has 0 bridgehead atoms. The van der Waals surface area contributed by atoms with Crippen molar-refractivity contribution in [2.45, 2.75) is 32.0 Å². The summed E-state index contributed by atoms with van der Waals surface area (Å²) in [5.74, 6) is 2.02. The molecule has 0 saturated heterocycles. The molecule has 5 nitrogen and oxygen atoms in total. The van der Waals surface area contributed by atoms with Crippen molar-refractivity contribution in [3.63, 3.8) is 0 Å². The summed E-state index contributed by atoms with van der Waals surface area (Å²) in [5, 5.41) is 0. The Morgan fingerprint density at radius 1 is 0.769 bits per heavy atom. The molecule has 26 heavy (non-hydrogen) atoms. The van der Waals surface area contributed by atoms with E-state index >= 15 is 0 Å². The van der Waals surface area contributed by atoms with E-state index in [4.69, 9.17) is 9.97 Å². The Kier molecular flexibility index (Phi) is 3.79. The molecule has 2 N–H and O–H groups in total. The van der Waals surface area contributed by atoms with E-state index in [0.29, 0.717) is 6.04 Å². The molecule has 130 valence electrons. The predicted molar refractivity (Wildman–Crippen MR) is 104 cm³/mol. The summed E-state index contributed by atoms with van der Waals surface area (Å²) < 4.78 is 0. The molecule has 0 atom stereocenters. The summed E-state index contributed by atoms with van der Waals surface area (Å²) in [6, 6.07) is 16.9. The van der Waals surface area contributed by atoms with Crippen LogP contribution in [0.25, 0.3) is 22.1 Å². The van der Waals surface area contributed by atoms with E-state index in [1.165, 1.54) is 0 Å². The molecule has 0 amide bonds. The number of hydrogen-bond donors (Lipinski definition) is 2. The average Bonchev–Trinajstić information content (AvgIpc) is 3.39. The van der Waals surface area contributed by atoms with Crippen LogP contribution in [0.2, 0.25) is 0 Å². The number of hydrogen-bond acceptors (Lipinski definition) is 3. The molecule has 2 aromatic carbocycles. The van der Waals surface area contributed by atoms with Crippen LogP contribution < -0.4 is 0 Å². The number of nitrogens with one attached hydrogen (secondary N) is 2. The fourth-order valence-corrected chi connectivity index (χ4v) is 3.76. The van der Waals surface area contributed by atoms with Gasteiger partial charge in [-0.25, -0.2) is 9.97 Å². The topological polar surface area (TPSA) is 60.6 Å². The summed E-state index contributed by atoms with van der Waals surface area (Å²) in [5.41, 5.74) is 4.23. The van der Waals surface area contributed by atoms with Gasteiger partial charge in [0.05, 0.1) is 35.2 Å². The van der Waals surface area contributed by atoms with Crippen LogP contribution in [0.1, 0.15) is 24.5 Å². The second-order valence-electron chi connectivity index (χ2n) is 6.90. The van der Waals surface area contributed by atoms with E-state index in [1.54, 1.807) is 0 Å². The largest absolute Gasteiger partial charge is 0.341 e. The van der Waals surface area contributed by atoms with Crippen molar-refractivity contribution in [2.75, 3.05) is 0 Å². The quantitative estimate of drug-likeness (QED) is 0.535. The molecule has 0 fully saturated rings. The number of aromatic amines is 2. The lowest BCUT2D eigenvalue weighted by atomic mass is 10.2. The van der Waals surface area contributed by atoms with E-state index in [0.717, 1.165) is 59.6 Å². The minimum atomic E-state index is 0.497. The van der Waals surface area contributed by atoms with Crippen molar-refractivity contribution < 1.29 is 0 Å². The van der Waals surface area contributed by atoms with E-state index in [1.807, 2.05) is 24.3 Å². The average molecular weight is 343 g/mol. The van der Waals surface area contributed by atoms with Gasteiger partial charge in [0.25, 0.3) is 0 Å². The van der Waals surface area contributed by atoms with Gasteiger partial charge < -0.3 is 9.97 Å². The van der Waals surface area contributed by atoms with Gasteiger partial charge in [0, 0.05) is 6.04 Å². The van der Waals surface area contributed by atoms with Crippen molar-refractivity contribution in [2.24, 2.45) is 0 Å². The summed E-state index contributed by atoms with van der Waals surface area (Å²) >= 11 is 0. The highest BCUT2D eigenvalue weighted by atomic mass is 15.2. The smallest absolute Gasteiger partial charge is 0.121 e. The first kappa shape index (κ1) is 15.3. The second-order valence-corrected chi connectivity index (χ2v) is 6.90. The molecule has 5 rings (SSSR count). The SMILES string of the molecule is C1=CCC(N(Cc2nc3ccccc3[nH]2)Cc2nc3ccccc3[nH]2)C1. The van der Waals surface area contributed by atoms with E-state index in [-0.39, 0.29) is 0 Å². The maximum Gasteiger partial charge on any atom is 0.121 e. The molecule has 0 saturated carbocycles. The zero-order valence-electron chi connectivity index (χ0n) is 14.5. The number of nitrogens with zero attached hydrogens (tertiary/aromatic N) is 3. The minimum absolute atomic E-state index is 0.497. The van der Waals surface area contributed by atoms with Gasteiger partial charge in [-0.05, 0) is 37.1 Å². The van der Waals surface area contributed by atoms with Gasteiger partial charge in [0.15, 0.2) is 0 Å². The van der Waals surface area contributed by atoms with Crippen LogP contribution in [0, 0.1) is 0 Å². The number of H-pyrrole nitrogens is 2. The van der Waals surface area contributed by atoms with Crippen molar-refractivity contribution in [3.05, 3.63) is 72.3 Å². The summed E-state index contributed by atoms with van der Waals surface area (Å²) in [6.07, 6.45) is 6.71. The van der Waals surface area contributed by atoms with Crippen molar-refractivity contribution in [1.29, 1.82) is 0 Å². The molecule has 2 heterocycles. The molecule has 0 unspecified atom stereocenters. The molecule has 1 aliphatic carbocycles. The first-order valence-electron chi connectivity index (χ1n) is 9.11. The maximum absolute atomic E-state index is 4.76. The van der Waals surface area contributed by atoms with Crippen molar-refractivity contribution >= 4 is 22.1 Å². The van der Waals surface area contributed by atoms with Crippen LogP contribution in [0.4, 0.5) is 0 Å². The molecule has 5 heteroatoms. The van der Waals surface area contributed by atoms with Crippen molar-refractivity contribution in [1.82, 2.24) is 24.8 Å². The first-order chi connectivity index (χ1) is 12.8. The molecule has 1 aliphatic rings. The molecule has 4 aromatic rings. The highest BCUT2D eigenvalue weighted by Gasteiger charge is 2.22. The van der Waals surface area contributed by atoms with Gasteiger partial charge in [0.2, 0.25) is 0 Å². The third-order valence-electron chi connectivity index (χ3n) is 5.08. The number of imidazole rings is 2. The molecule has 0 radical (unpaired) electrons. The summed E-state index contributed by atoms with van der Waals surface area (Å²) in [6.45, 7) is 1.58. The van der Waals surface area contributed by atoms with Gasteiger partial charge in [-0.1, -0.05) is 36.4 Å². The van der Waals surface area contributed by atoms with E-state index < -0.39 is 0 Å². The number of benzene rings is 2. The Bertz CT molecular complexity index is 924. The fraction of sp³-hybridized carbons (Fsp3) is 0.238. The Morgan fingerprint density at radius 2 is 1.27 bits per heavy atom. The Labute approximate surface area is 151 Å². The minimum Gasteiger partial charge on any atom is -0.341 e. The zero-order valence-corrected chi connectivity index (χ0v) is 14.5. The van der Waals surface area contributed by atoms with E-state index in [2.05, 4.69) is 51.3 Å². The summed E-state index contributed by atoms with van der Waals surface area (Å²) in [4.78, 5) is 18.9. The zero-order chi connectivity index (χ0) is 17.3. The number of para-hydroxylation sites is 4. The van der Waals surface area contributed by atoms with Gasteiger partial charge in [-0.2, -0.15) is 0 Å². The number of rotatable bonds is 5. The Hall–Kier alpha value is -2.92. The van der Waals surface area contributed by atoms with Crippen LogP contribution in [0.3, 0.4) is 0 Å². The third kappa shape index (κ3) is 2.91.